The summed E-state index contributed by atoms with van der Waals surface area (Å²) in [5, 5.41) is 6.10. The maximum Gasteiger partial charge on any atom is 0.162 e. The van der Waals surface area contributed by atoms with Crippen LogP contribution in [0.1, 0.15) is 12.5 Å². The molecule has 0 aliphatic rings. The Morgan fingerprint density at radius 3 is 2.39 bits per heavy atom. The highest BCUT2D eigenvalue weighted by atomic mass is 35.5. The molecule has 31 heavy (non-hydrogen) atoms. The predicted molar refractivity (Wildman–Crippen MR) is 125 cm³/mol. The molecule has 3 aromatic carbocycles. The summed E-state index contributed by atoms with van der Waals surface area (Å²) in [7, 11) is 3.22. The molecule has 156 valence electrons. The number of hydrogen-bond donors (Lipinski definition) is 1. The largest absolute Gasteiger partial charge is 0.493 e. The van der Waals surface area contributed by atoms with E-state index < -0.39 is 0 Å². The van der Waals surface area contributed by atoms with Crippen molar-refractivity contribution in [3.8, 4) is 22.9 Å². The molecule has 0 atom stereocenters. The van der Waals surface area contributed by atoms with Crippen LogP contribution < -0.4 is 14.9 Å². The Hall–Kier alpha value is -3.64. The minimum atomic E-state index is 0.594. The molecule has 7 heteroatoms. The highest BCUT2D eigenvalue weighted by Gasteiger charge is 2.10. The first-order chi connectivity index (χ1) is 15.1. The molecule has 4 rings (SSSR count). The van der Waals surface area contributed by atoms with Crippen molar-refractivity contribution in [1.29, 1.82) is 0 Å². The predicted octanol–water partition coefficient (Wildman–Crippen LogP) is 5.80. The summed E-state index contributed by atoms with van der Waals surface area (Å²) >= 11 is 6.02. The molecule has 1 N–H and O–H groups in total. The SMILES string of the molecule is COc1ccc(/C(C)=N/Nc2nc(-c3ccc(Cl)cc3)nc3ccccc23)cc1OC. The number of hydrogen-bond acceptors (Lipinski definition) is 6. The molecule has 0 fully saturated rings. The van der Waals surface area contributed by atoms with Crippen molar-refractivity contribution in [3.05, 3.63) is 77.3 Å². The van der Waals surface area contributed by atoms with Crippen LogP contribution in [0.25, 0.3) is 22.3 Å². The summed E-state index contributed by atoms with van der Waals surface area (Å²) in [5.41, 5.74) is 6.49. The Labute approximate surface area is 185 Å². The lowest BCUT2D eigenvalue weighted by molar-refractivity contribution is 0.355. The van der Waals surface area contributed by atoms with Crippen LogP contribution in [0.5, 0.6) is 11.5 Å². The van der Waals surface area contributed by atoms with Crippen molar-refractivity contribution in [2.75, 3.05) is 19.6 Å². The molecule has 0 unspecified atom stereocenters. The maximum absolute atomic E-state index is 6.02. The molecule has 4 aromatic rings. The van der Waals surface area contributed by atoms with E-state index in [1.165, 1.54) is 0 Å². The van der Waals surface area contributed by atoms with Gasteiger partial charge in [-0.1, -0.05) is 23.7 Å². The first-order valence-electron chi connectivity index (χ1n) is 9.64. The van der Waals surface area contributed by atoms with E-state index in [0.717, 1.165) is 27.7 Å². The number of rotatable bonds is 6. The van der Waals surface area contributed by atoms with Crippen molar-refractivity contribution >= 4 is 34.0 Å². The highest BCUT2D eigenvalue weighted by molar-refractivity contribution is 6.30. The number of fused-ring (bicyclic) bond motifs is 1. The van der Waals surface area contributed by atoms with Gasteiger partial charge in [-0.15, -0.1) is 0 Å². The molecule has 1 heterocycles. The summed E-state index contributed by atoms with van der Waals surface area (Å²) in [6.45, 7) is 1.91. The van der Waals surface area contributed by atoms with Gasteiger partial charge in [0.2, 0.25) is 0 Å². The van der Waals surface area contributed by atoms with Crippen molar-refractivity contribution in [3.63, 3.8) is 0 Å². The fraction of sp³-hybridized carbons (Fsp3) is 0.125. The number of benzene rings is 3. The normalized spacial score (nSPS) is 11.4. The Morgan fingerprint density at radius 1 is 0.903 bits per heavy atom. The maximum atomic E-state index is 6.02. The molecule has 0 saturated heterocycles. The van der Waals surface area contributed by atoms with E-state index in [4.69, 9.17) is 26.1 Å². The van der Waals surface area contributed by atoms with Gasteiger partial charge in [0.15, 0.2) is 23.1 Å². The number of ether oxygens (including phenoxy) is 2. The Bertz CT molecular complexity index is 1260. The number of para-hydroxylation sites is 1. The standard InChI is InChI=1S/C24H21ClN4O2/c1-15(17-10-13-21(30-2)22(14-17)31-3)28-29-24-19-6-4-5-7-20(19)26-23(27-24)16-8-11-18(25)12-9-16/h4-14H,1-3H3,(H,26,27,29)/b28-15+. The van der Waals surface area contributed by atoms with Crippen LogP contribution in [0, 0.1) is 0 Å². The van der Waals surface area contributed by atoms with E-state index in [2.05, 4.69) is 15.5 Å². The third-order valence-corrected chi connectivity index (χ3v) is 5.09. The van der Waals surface area contributed by atoms with E-state index in [1.807, 2.05) is 73.7 Å². The summed E-state index contributed by atoms with van der Waals surface area (Å²) in [5.74, 6) is 2.53. The first kappa shape index (κ1) is 20.6. The van der Waals surface area contributed by atoms with Crippen LogP contribution in [-0.4, -0.2) is 29.9 Å². The van der Waals surface area contributed by atoms with E-state index in [-0.39, 0.29) is 0 Å². The van der Waals surface area contributed by atoms with Gasteiger partial charge in [-0.05, 0) is 61.5 Å². The van der Waals surface area contributed by atoms with Crippen LogP contribution >= 0.6 is 11.6 Å². The van der Waals surface area contributed by atoms with E-state index in [1.54, 1.807) is 14.2 Å². The number of aromatic nitrogens is 2. The number of methoxy groups -OCH3 is 2. The van der Waals surface area contributed by atoms with Crippen molar-refractivity contribution in [2.24, 2.45) is 5.10 Å². The molecule has 0 radical (unpaired) electrons. The van der Waals surface area contributed by atoms with Gasteiger partial charge in [-0.2, -0.15) is 5.10 Å². The third-order valence-electron chi connectivity index (χ3n) is 4.84. The van der Waals surface area contributed by atoms with E-state index in [0.29, 0.717) is 28.2 Å². The van der Waals surface area contributed by atoms with Gasteiger partial charge in [-0.25, -0.2) is 9.97 Å². The molecule has 0 aliphatic heterocycles. The quantitative estimate of drug-likeness (QED) is 0.308. The molecule has 1 aromatic heterocycles. The average molecular weight is 433 g/mol. The lowest BCUT2D eigenvalue weighted by Gasteiger charge is -2.11. The van der Waals surface area contributed by atoms with E-state index in [9.17, 15) is 0 Å². The van der Waals surface area contributed by atoms with E-state index >= 15 is 0 Å². The molecule has 0 aliphatic carbocycles. The number of anilines is 1. The number of nitrogens with one attached hydrogen (secondary N) is 1. The molecule has 0 spiro atoms. The zero-order valence-corrected chi connectivity index (χ0v) is 18.1. The molecule has 6 nitrogen and oxygen atoms in total. The van der Waals surface area contributed by atoms with Gasteiger partial charge in [0.25, 0.3) is 0 Å². The fourth-order valence-corrected chi connectivity index (χ4v) is 3.28. The van der Waals surface area contributed by atoms with Gasteiger partial charge in [-0.3, -0.25) is 5.43 Å². The lowest BCUT2D eigenvalue weighted by atomic mass is 10.1. The van der Waals surface area contributed by atoms with Crippen LogP contribution in [0.3, 0.4) is 0 Å². The zero-order valence-electron chi connectivity index (χ0n) is 17.4. The number of hydrazone groups is 1. The van der Waals surface area contributed by atoms with Gasteiger partial charge >= 0.3 is 0 Å². The van der Waals surface area contributed by atoms with Crippen LogP contribution in [-0.2, 0) is 0 Å². The average Bonchev–Trinajstić information content (AvgIpc) is 2.82. The minimum absolute atomic E-state index is 0.594. The molecule has 0 saturated carbocycles. The lowest BCUT2D eigenvalue weighted by Crippen LogP contribution is -2.03. The van der Waals surface area contributed by atoms with Gasteiger partial charge in [0.1, 0.15) is 0 Å². The summed E-state index contributed by atoms with van der Waals surface area (Å²) < 4.78 is 10.7. The first-order valence-corrected chi connectivity index (χ1v) is 10.0. The van der Waals surface area contributed by atoms with Crippen LogP contribution in [0.15, 0.2) is 71.8 Å². The Kier molecular flexibility index (Phi) is 6.00. The second kappa shape index (κ2) is 9.02. The second-order valence-corrected chi connectivity index (χ2v) is 7.24. The topological polar surface area (TPSA) is 68.6 Å². The van der Waals surface area contributed by atoms with Crippen molar-refractivity contribution in [2.45, 2.75) is 6.92 Å². The second-order valence-electron chi connectivity index (χ2n) is 6.80. The van der Waals surface area contributed by atoms with Crippen molar-refractivity contribution in [1.82, 2.24) is 9.97 Å². The van der Waals surface area contributed by atoms with Gasteiger partial charge in [0.05, 0.1) is 25.4 Å². The van der Waals surface area contributed by atoms with Gasteiger partial charge < -0.3 is 9.47 Å². The Morgan fingerprint density at radius 2 is 1.65 bits per heavy atom. The third kappa shape index (κ3) is 4.44. The minimum Gasteiger partial charge on any atom is -0.493 e. The van der Waals surface area contributed by atoms with Crippen molar-refractivity contribution < 1.29 is 9.47 Å². The molecular formula is C24H21ClN4O2. The zero-order chi connectivity index (χ0) is 21.8. The fourth-order valence-electron chi connectivity index (χ4n) is 3.15. The molecular weight excluding hydrogens is 412 g/mol. The molecule has 0 amide bonds. The van der Waals surface area contributed by atoms with Crippen LogP contribution in [0.2, 0.25) is 5.02 Å². The summed E-state index contributed by atoms with van der Waals surface area (Å²) in [4.78, 5) is 9.40. The highest BCUT2D eigenvalue weighted by Crippen LogP contribution is 2.28. The van der Waals surface area contributed by atoms with Gasteiger partial charge in [0, 0.05) is 21.5 Å². The molecule has 0 bridgehead atoms. The Balaban J connectivity index is 1.71. The summed E-state index contributed by atoms with van der Waals surface area (Å²) in [6, 6.07) is 20.9. The monoisotopic (exact) mass is 432 g/mol. The smallest absolute Gasteiger partial charge is 0.162 e. The summed E-state index contributed by atoms with van der Waals surface area (Å²) in [6.07, 6.45) is 0. The number of halogens is 1. The number of nitrogens with zero attached hydrogens (tertiary/aromatic N) is 3. The van der Waals surface area contributed by atoms with Crippen LogP contribution in [0.4, 0.5) is 5.82 Å².